The zero-order valence-electron chi connectivity index (χ0n) is 10.5. The van der Waals surface area contributed by atoms with Crippen LogP contribution in [-0.4, -0.2) is 75.2 Å². The molecule has 0 aromatic carbocycles. The number of hydrogen-bond acceptors (Lipinski definition) is 4. The molecule has 0 N–H and O–H groups in total. The highest BCUT2D eigenvalue weighted by Crippen LogP contribution is 2.03. The molecule has 2 amide bonds. The van der Waals surface area contributed by atoms with Crippen molar-refractivity contribution in [1.29, 1.82) is 0 Å². The average Bonchev–Trinajstić information content (AvgIpc) is 2.48. The van der Waals surface area contributed by atoms with Crippen molar-refractivity contribution in [3.63, 3.8) is 0 Å². The molecule has 1 fully saturated rings. The van der Waals surface area contributed by atoms with Gasteiger partial charge in [-0.25, -0.2) is 0 Å². The highest BCUT2D eigenvalue weighted by atomic mass is 16.5. The van der Waals surface area contributed by atoms with Crippen LogP contribution in [0.1, 0.15) is 6.42 Å². The second-order valence-corrected chi connectivity index (χ2v) is 4.03. The van der Waals surface area contributed by atoms with E-state index in [-0.39, 0.29) is 25.0 Å². The molecule has 0 aromatic heterocycles. The van der Waals surface area contributed by atoms with Gasteiger partial charge in [0, 0.05) is 27.2 Å². The molecular weight excluding hydrogens is 224 g/mol. The van der Waals surface area contributed by atoms with E-state index in [2.05, 4.69) is 0 Å². The molecule has 98 valence electrons. The Hall–Kier alpha value is -1.14. The van der Waals surface area contributed by atoms with Gasteiger partial charge >= 0.3 is 0 Å². The molecule has 0 saturated carbocycles. The predicted octanol–water partition coefficient (Wildman–Crippen LogP) is -0.660. The van der Waals surface area contributed by atoms with Crippen molar-refractivity contribution in [1.82, 2.24) is 9.80 Å². The Bertz CT molecular complexity index is 270. The third-order valence-electron chi connectivity index (χ3n) is 2.68. The Morgan fingerprint density at radius 3 is 2.82 bits per heavy atom. The van der Waals surface area contributed by atoms with E-state index >= 15 is 0 Å². The minimum Gasteiger partial charge on any atom is -0.382 e. The first-order chi connectivity index (χ1) is 8.15. The molecule has 1 heterocycles. The summed E-state index contributed by atoms with van der Waals surface area (Å²) in [6.45, 7) is 2.35. The van der Waals surface area contributed by atoms with Crippen LogP contribution >= 0.6 is 0 Å². The van der Waals surface area contributed by atoms with Crippen LogP contribution in [0, 0.1) is 0 Å². The number of amides is 2. The number of rotatable bonds is 5. The minimum atomic E-state index is -0.134. The fraction of sp³-hybridized carbons (Fsp3) is 0.818. The van der Waals surface area contributed by atoms with Crippen molar-refractivity contribution >= 4 is 11.8 Å². The molecule has 0 aliphatic carbocycles. The van der Waals surface area contributed by atoms with Crippen molar-refractivity contribution in [2.45, 2.75) is 6.42 Å². The smallest absolute Gasteiger partial charge is 0.249 e. The third-order valence-corrected chi connectivity index (χ3v) is 2.68. The quantitative estimate of drug-likeness (QED) is 0.602. The summed E-state index contributed by atoms with van der Waals surface area (Å²) in [6.07, 6.45) is 0.812. The Labute approximate surface area is 101 Å². The van der Waals surface area contributed by atoms with Gasteiger partial charge in [-0.1, -0.05) is 0 Å². The lowest BCUT2D eigenvalue weighted by Gasteiger charge is -2.19. The Kier molecular flexibility index (Phi) is 5.93. The van der Waals surface area contributed by atoms with Crippen molar-refractivity contribution in [2.75, 3.05) is 53.6 Å². The molecule has 0 atom stereocenters. The molecule has 6 nitrogen and oxygen atoms in total. The first-order valence-corrected chi connectivity index (χ1v) is 5.73. The second kappa shape index (κ2) is 7.24. The normalized spacial score (nSPS) is 17.2. The monoisotopic (exact) mass is 244 g/mol. The highest BCUT2D eigenvalue weighted by Gasteiger charge is 2.22. The van der Waals surface area contributed by atoms with Gasteiger partial charge in [-0.05, 0) is 6.42 Å². The zero-order chi connectivity index (χ0) is 12.7. The maximum atomic E-state index is 11.8. The average molecular weight is 244 g/mol. The minimum absolute atomic E-state index is 0.0142. The summed E-state index contributed by atoms with van der Waals surface area (Å²) < 4.78 is 9.96. The lowest BCUT2D eigenvalue weighted by molar-refractivity contribution is -0.141. The molecule has 1 aliphatic rings. The highest BCUT2D eigenvalue weighted by molar-refractivity contribution is 5.85. The number of nitrogens with zero attached hydrogens (tertiary/aromatic N) is 2. The van der Waals surface area contributed by atoms with Gasteiger partial charge in [0.1, 0.15) is 6.61 Å². The summed E-state index contributed by atoms with van der Waals surface area (Å²) >= 11 is 0. The summed E-state index contributed by atoms with van der Waals surface area (Å²) in [5.41, 5.74) is 0. The van der Waals surface area contributed by atoms with E-state index in [0.717, 1.165) is 6.42 Å². The summed E-state index contributed by atoms with van der Waals surface area (Å²) in [5.74, 6) is -0.155. The summed E-state index contributed by atoms with van der Waals surface area (Å²) in [6, 6.07) is 0. The molecule has 1 saturated heterocycles. The van der Waals surface area contributed by atoms with E-state index in [1.165, 1.54) is 0 Å². The van der Waals surface area contributed by atoms with E-state index < -0.39 is 0 Å². The number of methoxy groups -OCH3 is 1. The van der Waals surface area contributed by atoms with Crippen molar-refractivity contribution in [3.05, 3.63) is 0 Å². The van der Waals surface area contributed by atoms with E-state index in [4.69, 9.17) is 9.47 Å². The molecule has 0 unspecified atom stereocenters. The van der Waals surface area contributed by atoms with Crippen molar-refractivity contribution in [3.8, 4) is 0 Å². The topological polar surface area (TPSA) is 59.1 Å². The molecule has 0 radical (unpaired) electrons. The Morgan fingerprint density at radius 1 is 1.35 bits per heavy atom. The van der Waals surface area contributed by atoms with E-state index in [9.17, 15) is 9.59 Å². The number of likely N-dealkylation sites (N-methyl/N-ethyl adjacent to an activating group) is 1. The first-order valence-electron chi connectivity index (χ1n) is 5.73. The van der Waals surface area contributed by atoms with E-state index in [1.807, 2.05) is 0 Å². The standard InChI is InChI=1S/C11H20N2O4/c1-12-4-3-5-13(8-10(12)14)11(15)9-17-7-6-16-2/h3-9H2,1-2H3. The van der Waals surface area contributed by atoms with Crippen molar-refractivity contribution < 1.29 is 19.1 Å². The number of carbonyl (C=O) groups excluding carboxylic acids is 2. The molecule has 1 aliphatic heterocycles. The van der Waals surface area contributed by atoms with Crippen LogP contribution < -0.4 is 0 Å². The largest absolute Gasteiger partial charge is 0.382 e. The number of carbonyl (C=O) groups is 2. The number of hydrogen-bond donors (Lipinski definition) is 0. The van der Waals surface area contributed by atoms with Crippen LogP contribution in [0.15, 0.2) is 0 Å². The lowest BCUT2D eigenvalue weighted by atomic mass is 10.4. The summed E-state index contributed by atoms with van der Waals surface area (Å²) in [4.78, 5) is 26.5. The molecular formula is C11H20N2O4. The fourth-order valence-corrected chi connectivity index (χ4v) is 1.59. The Morgan fingerprint density at radius 2 is 2.12 bits per heavy atom. The maximum absolute atomic E-state index is 11.8. The third kappa shape index (κ3) is 4.70. The Balaban J connectivity index is 2.32. The molecule has 6 heteroatoms. The zero-order valence-corrected chi connectivity index (χ0v) is 10.5. The predicted molar refractivity (Wildman–Crippen MR) is 61.5 cm³/mol. The van der Waals surface area contributed by atoms with Gasteiger partial charge < -0.3 is 19.3 Å². The van der Waals surface area contributed by atoms with E-state index in [0.29, 0.717) is 26.3 Å². The van der Waals surface area contributed by atoms with Crippen LogP contribution in [0.3, 0.4) is 0 Å². The van der Waals surface area contributed by atoms with Crippen LogP contribution in [-0.2, 0) is 19.1 Å². The SMILES string of the molecule is COCCOCC(=O)N1CCCN(C)C(=O)C1. The van der Waals surface area contributed by atoms with Gasteiger partial charge in [0.2, 0.25) is 11.8 Å². The lowest BCUT2D eigenvalue weighted by Crippen LogP contribution is -2.39. The summed E-state index contributed by atoms with van der Waals surface area (Å²) in [7, 11) is 3.33. The number of ether oxygens (including phenoxy) is 2. The molecule has 0 bridgehead atoms. The van der Waals surface area contributed by atoms with E-state index in [1.54, 1.807) is 24.0 Å². The van der Waals surface area contributed by atoms with Crippen LogP contribution in [0.5, 0.6) is 0 Å². The van der Waals surface area contributed by atoms with Crippen LogP contribution in [0.25, 0.3) is 0 Å². The van der Waals surface area contributed by atoms with Gasteiger partial charge in [0.15, 0.2) is 0 Å². The van der Waals surface area contributed by atoms with Gasteiger partial charge in [-0.15, -0.1) is 0 Å². The van der Waals surface area contributed by atoms with Gasteiger partial charge in [-0.2, -0.15) is 0 Å². The molecule has 1 rings (SSSR count). The van der Waals surface area contributed by atoms with Gasteiger partial charge in [0.05, 0.1) is 19.8 Å². The van der Waals surface area contributed by atoms with Gasteiger partial charge in [0.25, 0.3) is 0 Å². The second-order valence-electron chi connectivity index (χ2n) is 4.03. The molecule has 0 spiro atoms. The molecule has 0 aromatic rings. The fourth-order valence-electron chi connectivity index (χ4n) is 1.59. The maximum Gasteiger partial charge on any atom is 0.249 e. The van der Waals surface area contributed by atoms with Crippen LogP contribution in [0.2, 0.25) is 0 Å². The van der Waals surface area contributed by atoms with Gasteiger partial charge in [-0.3, -0.25) is 9.59 Å². The summed E-state index contributed by atoms with van der Waals surface area (Å²) in [5, 5.41) is 0. The van der Waals surface area contributed by atoms with Crippen LogP contribution in [0.4, 0.5) is 0 Å². The first kappa shape index (κ1) is 13.9. The molecule has 17 heavy (non-hydrogen) atoms. The van der Waals surface area contributed by atoms with Crippen molar-refractivity contribution in [2.24, 2.45) is 0 Å².